The molecule has 16 heavy (non-hydrogen) atoms. The summed E-state index contributed by atoms with van der Waals surface area (Å²) in [5.74, 6) is 0.779. The minimum Gasteiger partial charge on any atom is -0.469 e. The van der Waals surface area contributed by atoms with Gasteiger partial charge in [0, 0.05) is 15.5 Å². The third-order valence-corrected chi connectivity index (χ3v) is 3.89. The van der Waals surface area contributed by atoms with Gasteiger partial charge in [-0.25, -0.2) is 0 Å². The molecule has 1 aromatic carbocycles. The lowest BCUT2D eigenvalue weighted by molar-refractivity contribution is -0.140. The molecule has 0 heterocycles. The van der Waals surface area contributed by atoms with Crippen LogP contribution in [0.4, 0.5) is 0 Å². The number of ether oxygens (including phenoxy) is 1. The summed E-state index contributed by atoms with van der Waals surface area (Å²) >= 11 is 5.16. The van der Waals surface area contributed by atoms with Crippen molar-refractivity contribution in [3.8, 4) is 0 Å². The lowest BCUT2D eigenvalue weighted by Gasteiger charge is -2.09. The fourth-order valence-electron chi connectivity index (χ4n) is 1.20. The number of hydrogen-bond acceptors (Lipinski definition) is 3. The lowest BCUT2D eigenvalue weighted by atomic mass is 10.2. The highest BCUT2D eigenvalue weighted by Crippen LogP contribution is 2.21. The molecule has 0 aliphatic rings. The Bertz CT molecular complexity index is 337. The molecule has 0 aliphatic carbocycles. The van der Waals surface area contributed by atoms with Gasteiger partial charge in [0.25, 0.3) is 0 Å². The van der Waals surface area contributed by atoms with E-state index >= 15 is 0 Å². The summed E-state index contributed by atoms with van der Waals surface area (Å²) in [5, 5.41) is 0.288. The maximum atomic E-state index is 11.0. The van der Waals surface area contributed by atoms with Gasteiger partial charge in [-0.05, 0) is 17.7 Å². The van der Waals surface area contributed by atoms with Gasteiger partial charge in [0.15, 0.2) is 0 Å². The van der Waals surface area contributed by atoms with Gasteiger partial charge in [-0.1, -0.05) is 35.0 Å². The molecule has 0 saturated carbocycles. The molecule has 0 aliphatic heterocycles. The molecule has 4 heteroatoms. The Morgan fingerprint density at radius 2 is 2.06 bits per heavy atom. The van der Waals surface area contributed by atoms with Crippen LogP contribution in [0.15, 0.2) is 28.7 Å². The number of hydrogen-bond donors (Lipinski definition) is 0. The van der Waals surface area contributed by atoms with E-state index in [0.29, 0.717) is 6.42 Å². The second kappa shape index (κ2) is 6.97. The number of carbonyl (C=O) groups excluding carboxylic acids is 1. The molecule has 2 nitrogen and oxygen atoms in total. The zero-order valence-corrected chi connectivity index (χ0v) is 11.8. The van der Waals surface area contributed by atoms with Crippen LogP contribution in [-0.4, -0.2) is 18.3 Å². The zero-order chi connectivity index (χ0) is 12.0. The number of esters is 1. The van der Waals surface area contributed by atoms with Crippen LogP contribution >= 0.6 is 27.7 Å². The fraction of sp³-hybridized carbons (Fsp3) is 0.417. The summed E-state index contributed by atoms with van der Waals surface area (Å²) in [6.45, 7) is 2.04. The molecule has 1 aromatic rings. The Kier molecular flexibility index (Phi) is 5.91. The highest BCUT2D eigenvalue weighted by atomic mass is 79.9. The largest absolute Gasteiger partial charge is 0.469 e. The maximum absolute atomic E-state index is 11.0. The van der Waals surface area contributed by atoms with E-state index in [0.717, 1.165) is 10.2 Å². The van der Waals surface area contributed by atoms with E-state index in [2.05, 4.69) is 32.8 Å². The van der Waals surface area contributed by atoms with Crippen LogP contribution in [-0.2, 0) is 15.3 Å². The molecular formula is C12H15BrO2S. The average molecular weight is 303 g/mol. The van der Waals surface area contributed by atoms with Crippen LogP contribution in [0.5, 0.6) is 0 Å². The molecule has 0 fully saturated rings. The van der Waals surface area contributed by atoms with Gasteiger partial charge in [-0.3, -0.25) is 4.79 Å². The first kappa shape index (κ1) is 13.6. The van der Waals surface area contributed by atoms with E-state index < -0.39 is 0 Å². The number of rotatable bonds is 5. The van der Waals surface area contributed by atoms with Crippen molar-refractivity contribution in [2.24, 2.45) is 0 Å². The van der Waals surface area contributed by atoms with E-state index in [9.17, 15) is 4.79 Å². The summed E-state index contributed by atoms with van der Waals surface area (Å²) in [4.78, 5) is 11.0. The van der Waals surface area contributed by atoms with Crippen LogP contribution in [0.3, 0.4) is 0 Å². The average Bonchev–Trinajstić information content (AvgIpc) is 2.28. The summed E-state index contributed by atoms with van der Waals surface area (Å²) in [6.07, 6.45) is 0.470. The van der Waals surface area contributed by atoms with Gasteiger partial charge in [0.1, 0.15) is 0 Å². The SMILES string of the molecule is COC(=O)CC(C)SCc1ccc(Br)cc1. The highest BCUT2D eigenvalue weighted by Gasteiger charge is 2.09. The fourth-order valence-corrected chi connectivity index (χ4v) is 2.38. The molecule has 1 unspecified atom stereocenters. The van der Waals surface area contributed by atoms with Crippen molar-refractivity contribution in [3.05, 3.63) is 34.3 Å². The second-order valence-corrected chi connectivity index (χ2v) is 5.87. The molecule has 1 atom stereocenters. The molecule has 0 amide bonds. The predicted molar refractivity (Wildman–Crippen MR) is 71.5 cm³/mol. The summed E-state index contributed by atoms with van der Waals surface area (Å²) < 4.78 is 5.72. The van der Waals surface area contributed by atoms with Crippen molar-refractivity contribution < 1.29 is 9.53 Å². The quantitative estimate of drug-likeness (QED) is 0.777. The van der Waals surface area contributed by atoms with Crippen LogP contribution in [0.1, 0.15) is 18.9 Å². The molecule has 0 spiro atoms. The van der Waals surface area contributed by atoms with Gasteiger partial charge in [-0.15, -0.1) is 0 Å². The third kappa shape index (κ3) is 5.03. The van der Waals surface area contributed by atoms with Gasteiger partial charge in [-0.2, -0.15) is 11.8 Å². The van der Waals surface area contributed by atoms with E-state index in [1.54, 1.807) is 11.8 Å². The van der Waals surface area contributed by atoms with Crippen molar-refractivity contribution in [2.45, 2.75) is 24.3 Å². The predicted octanol–water partition coefficient (Wildman–Crippen LogP) is 3.63. The lowest BCUT2D eigenvalue weighted by Crippen LogP contribution is -2.08. The number of thioether (sulfide) groups is 1. The van der Waals surface area contributed by atoms with Gasteiger partial charge in [0.2, 0.25) is 0 Å². The van der Waals surface area contributed by atoms with E-state index in [1.807, 2.05) is 19.1 Å². The Morgan fingerprint density at radius 3 is 2.62 bits per heavy atom. The number of methoxy groups -OCH3 is 1. The van der Waals surface area contributed by atoms with E-state index in [4.69, 9.17) is 0 Å². The molecule has 0 saturated heterocycles. The van der Waals surface area contributed by atoms with Gasteiger partial charge >= 0.3 is 5.97 Å². The molecular weight excluding hydrogens is 288 g/mol. The van der Waals surface area contributed by atoms with Crippen molar-refractivity contribution in [1.29, 1.82) is 0 Å². The van der Waals surface area contributed by atoms with Crippen molar-refractivity contribution in [1.82, 2.24) is 0 Å². The smallest absolute Gasteiger partial charge is 0.306 e. The molecule has 0 aromatic heterocycles. The Morgan fingerprint density at radius 1 is 1.44 bits per heavy atom. The van der Waals surface area contributed by atoms with E-state index in [1.165, 1.54) is 12.7 Å². The van der Waals surface area contributed by atoms with Crippen LogP contribution in [0.2, 0.25) is 0 Å². The second-order valence-electron chi connectivity index (χ2n) is 3.53. The summed E-state index contributed by atoms with van der Waals surface area (Å²) in [7, 11) is 1.43. The minimum atomic E-state index is -0.143. The molecule has 0 N–H and O–H groups in total. The number of carbonyl (C=O) groups is 1. The third-order valence-electron chi connectivity index (χ3n) is 2.13. The van der Waals surface area contributed by atoms with Crippen molar-refractivity contribution >= 4 is 33.7 Å². The highest BCUT2D eigenvalue weighted by molar-refractivity contribution is 9.10. The van der Waals surface area contributed by atoms with Crippen LogP contribution in [0, 0.1) is 0 Å². The maximum Gasteiger partial charge on any atom is 0.306 e. The van der Waals surface area contributed by atoms with Crippen molar-refractivity contribution in [3.63, 3.8) is 0 Å². The first-order valence-corrected chi connectivity index (χ1v) is 6.89. The van der Waals surface area contributed by atoms with Gasteiger partial charge in [0.05, 0.1) is 13.5 Å². The van der Waals surface area contributed by atoms with E-state index in [-0.39, 0.29) is 11.2 Å². The molecule has 88 valence electrons. The molecule has 0 bridgehead atoms. The molecule has 1 rings (SSSR count). The summed E-state index contributed by atoms with van der Waals surface area (Å²) in [6, 6.07) is 8.23. The minimum absolute atomic E-state index is 0.143. The van der Waals surface area contributed by atoms with Crippen molar-refractivity contribution in [2.75, 3.05) is 7.11 Å². The Balaban J connectivity index is 2.34. The van der Waals surface area contributed by atoms with Crippen LogP contribution < -0.4 is 0 Å². The number of halogens is 1. The van der Waals surface area contributed by atoms with Gasteiger partial charge < -0.3 is 4.74 Å². The molecule has 0 radical (unpaired) electrons. The number of benzene rings is 1. The topological polar surface area (TPSA) is 26.3 Å². The monoisotopic (exact) mass is 302 g/mol. The normalized spacial score (nSPS) is 12.2. The standard InChI is InChI=1S/C12H15BrO2S/c1-9(7-12(14)15-2)16-8-10-3-5-11(13)6-4-10/h3-6,9H,7-8H2,1-2H3. The van der Waals surface area contributed by atoms with Crippen LogP contribution in [0.25, 0.3) is 0 Å². The Labute approximate surface area is 109 Å². The summed E-state index contributed by atoms with van der Waals surface area (Å²) in [5.41, 5.74) is 1.27. The Hall–Kier alpha value is -0.480. The first-order chi connectivity index (χ1) is 7.61. The first-order valence-electron chi connectivity index (χ1n) is 5.04. The zero-order valence-electron chi connectivity index (χ0n) is 9.40.